The Labute approximate surface area is 143 Å². The summed E-state index contributed by atoms with van der Waals surface area (Å²) in [4.78, 5) is 4.26. The molecule has 0 fully saturated rings. The van der Waals surface area contributed by atoms with Crippen molar-refractivity contribution in [2.24, 2.45) is 4.99 Å². The van der Waals surface area contributed by atoms with Gasteiger partial charge < -0.3 is 15.4 Å². The molecule has 0 aliphatic rings. The molecule has 0 bridgehead atoms. The van der Waals surface area contributed by atoms with Crippen molar-refractivity contribution in [2.45, 2.75) is 32.9 Å². The van der Waals surface area contributed by atoms with Crippen molar-refractivity contribution in [3.05, 3.63) is 47.8 Å². The Kier molecular flexibility index (Phi) is 5.98. The number of aliphatic imine (C=N–C) groups is 1. The highest BCUT2D eigenvalue weighted by Crippen LogP contribution is 2.14. The molecule has 6 nitrogen and oxygen atoms in total. The van der Waals surface area contributed by atoms with E-state index in [1.54, 1.807) is 14.2 Å². The Bertz CT molecular complexity index is 690. The first-order valence-corrected chi connectivity index (χ1v) is 8.05. The van der Waals surface area contributed by atoms with Crippen molar-refractivity contribution >= 4 is 5.96 Å². The average Bonchev–Trinajstić information content (AvgIpc) is 3.01. The zero-order valence-corrected chi connectivity index (χ0v) is 15.1. The highest BCUT2D eigenvalue weighted by Gasteiger charge is 2.16. The van der Waals surface area contributed by atoms with E-state index in [4.69, 9.17) is 4.74 Å². The average molecular weight is 329 g/mol. The van der Waals surface area contributed by atoms with Crippen molar-refractivity contribution < 1.29 is 4.74 Å². The number of nitrogens with zero attached hydrogens (tertiary/aromatic N) is 3. The molecule has 1 heterocycles. The van der Waals surface area contributed by atoms with Crippen LogP contribution in [0.3, 0.4) is 0 Å². The van der Waals surface area contributed by atoms with E-state index in [0.717, 1.165) is 22.9 Å². The SMILES string of the molecule is CN=C(NCc1ccccc1-n1ccc(C)n1)NCC(C)(C)OC. The summed E-state index contributed by atoms with van der Waals surface area (Å²) < 4.78 is 7.32. The van der Waals surface area contributed by atoms with Crippen LogP contribution in [0.5, 0.6) is 0 Å². The lowest BCUT2D eigenvalue weighted by Gasteiger charge is -2.24. The van der Waals surface area contributed by atoms with Crippen LogP contribution in [0.25, 0.3) is 5.69 Å². The van der Waals surface area contributed by atoms with Crippen molar-refractivity contribution in [3.63, 3.8) is 0 Å². The molecule has 2 rings (SSSR count). The maximum Gasteiger partial charge on any atom is 0.191 e. The van der Waals surface area contributed by atoms with Gasteiger partial charge in [0.1, 0.15) is 0 Å². The van der Waals surface area contributed by atoms with Gasteiger partial charge in [-0.15, -0.1) is 0 Å². The Morgan fingerprint density at radius 1 is 1.25 bits per heavy atom. The number of benzene rings is 1. The summed E-state index contributed by atoms with van der Waals surface area (Å²) >= 11 is 0. The van der Waals surface area contributed by atoms with Crippen molar-refractivity contribution in [2.75, 3.05) is 20.7 Å². The number of hydrogen-bond donors (Lipinski definition) is 2. The van der Waals surface area contributed by atoms with Gasteiger partial charge in [-0.05, 0) is 38.5 Å². The van der Waals surface area contributed by atoms with E-state index in [0.29, 0.717) is 13.1 Å². The summed E-state index contributed by atoms with van der Waals surface area (Å²) in [7, 11) is 3.47. The lowest BCUT2D eigenvalue weighted by atomic mass is 10.1. The fourth-order valence-corrected chi connectivity index (χ4v) is 2.20. The Hall–Kier alpha value is -2.34. The van der Waals surface area contributed by atoms with Crippen LogP contribution >= 0.6 is 0 Å². The molecule has 130 valence electrons. The molecule has 24 heavy (non-hydrogen) atoms. The second kappa shape index (κ2) is 7.97. The maximum absolute atomic E-state index is 5.42. The van der Waals surface area contributed by atoms with Gasteiger partial charge in [0.25, 0.3) is 0 Å². The van der Waals surface area contributed by atoms with E-state index in [1.807, 2.05) is 49.8 Å². The molecule has 0 radical (unpaired) electrons. The molecular formula is C18H27N5O. The van der Waals surface area contributed by atoms with Crippen LogP contribution in [-0.4, -0.2) is 42.0 Å². The van der Waals surface area contributed by atoms with Crippen molar-refractivity contribution in [1.29, 1.82) is 0 Å². The van der Waals surface area contributed by atoms with Crippen LogP contribution in [-0.2, 0) is 11.3 Å². The Balaban J connectivity index is 2.04. The highest BCUT2D eigenvalue weighted by molar-refractivity contribution is 5.79. The Morgan fingerprint density at radius 2 is 2.00 bits per heavy atom. The van der Waals surface area contributed by atoms with Crippen molar-refractivity contribution in [1.82, 2.24) is 20.4 Å². The number of aromatic nitrogens is 2. The first-order valence-electron chi connectivity index (χ1n) is 8.05. The molecule has 0 spiro atoms. The van der Waals surface area contributed by atoms with Crippen molar-refractivity contribution in [3.8, 4) is 5.69 Å². The topological polar surface area (TPSA) is 63.5 Å². The van der Waals surface area contributed by atoms with Crippen LogP contribution in [0.15, 0.2) is 41.5 Å². The summed E-state index contributed by atoms with van der Waals surface area (Å²) in [5.74, 6) is 0.742. The molecule has 0 saturated carbocycles. The Morgan fingerprint density at radius 3 is 2.62 bits per heavy atom. The van der Waals surface area contributed by atoms with Crippen LogP contribution in [0.1, 0.15) is 25.1 Å². The number of guanidine groups is 1. The van der Waals surface area contributed by atoms with Crippen LogP contribution in [0.4, 0.5) is 0 Å². The fraction of sp³-hybridized carbons (Fsp3) is 0.444. The summed E-state index contributed by atoms with van der Waals surface area (Å²) in [6.07, 6.45) is 1.97. The minimum absolute atomic E-state index is 0.248. The summed E-state index contributed by atoms with van der Waals surface area (Å²) in [6, 6.07) is 10.2. The molecule has 6 heteroatoms. The lowest BCUT2D eigenvalue weighted by Crippen LogP contribution is -2.45. The van der Waals surface area contributed by atoms with Gasteiger partial charge in [0.2, 0.25) is 0 Å². The molecule has 2 N–H and O–H groups in total. The summed E-state index contributed by atoms with van der Waals surface area (Å²) in [5, 5.41) is 11.1. The third kappa shape index (κ3) is 4.83. The van der Waals surface area contributed by atoms with E-state index >= 15 is 0 Å². The predicted octanol–water partition coefficient (Wildman–Crippen LogP) is 2.27. The number of aryl methyl sites for hydroxylation is 1. The first-order chi connectivity index (χ1) is 11.4. The van der Waals surface area contributed by atoms with E-state index in [-0.39, 0.29) is 5.60 Å². The third-order valence-corrected chi connectivity index (χ3v) is 3.86. The molecule has 1 aromatic heterocycles. The number of ether oxygens (including phenoxy) is 1. The predicted molar refractivity (Wildman–Crippen MR) is 97.6 cm³/mol. The van der Waals surface area contributed by atoms with Crippen LogP contribution in [0, 0.1) is 6.92 Å². The van der Waals surface area contributed by atoms with Gasteiger partial charge in [-0.3, -0.25) is 4.99 Å². The molecule has 1 aromatic carbocycles. The third-order valence-electron chi connectivity index (χ3n) is 3.86. The molecule has 0 amide bonds. The first kappa shape index (κ1) is 18.0. The van der Waals surface area contributed by atoms with Crippen LogP contribution < -0.4 is 10.6 Å². The number of methoxy groups -OCH3 is 1. The number of rotatable bonds is 6. The molecule has 0 atom stereocenters. The standard InChI is InChI=1S/C18H27N5O/c1-14-10-11-23(22-14)16-9-7-6-8-15(16)12-20-17(19-4)21-13-18(2,3)24-5/h6-11H,12-13H2,1-5H3,(H2,19,20,21). The molecular weight excluding hydrogens is 302 g/mol. The monoisotopic (exact) mass is 329 g/mol. The number of para-hydroxylation sites is 1. The van der Waals surface area contributed by atoms with Crippen LogP contribution in [0.2, 0.25) is 0 Å². The van der Waals surface area contributed by atoms with Gasteiger partial charge in [0, 0.05) is 33.4 Å². The minimum atomic E-state index is -0.248. The lowest BCUT2D eigenvalue weighted by molar-refractivity contribution is 0.0268. The number of hydrogen-bond acceptors (Lipinski definition) is 3. The quantitative estimate of drug-likeness (QED) is 0.630. The van der Waals surface area contributed by atoms with E-state index in [1.165, 1.54) is 0 Å². The zero-order valence-electron chi connectivity index (χ0n) is 15.1. The largest absolute Gasteiger partial charge is 0.377 e. The molecule has 0 saturated heterocycles. The maximum atomic E-state index is 5.42. The zero-order chi connectivity index (χ0) is 17.6. The van der Waals surface area contributed by atoms with Gasteiger partial charge in [0.05, 0.1) is 17.0 Å². The normalized spacial score (nSPS) is 12.3. The summed E-state index contributed by atoms with van der Waals surface area (Å²) in [6.45, 7) is 7.37. The van der Waals surface area contributed by atoms with E-state index in [9.17, 15) is 0 Å². The van der Waals surface area contributed by atoms with Gasteiger partial charge >= 0.3 is 0 Å². The molecule has 2 aromatic rings. The van der Waals surface area contributed by atoms with Gasteiger partial charge in [0.15, 0.2) is 5.96 Å². The van der Waals surface area contributed by atoms with Gasteiger partial charge in [-0.25, -0.2) is 4.68 Å². The van der Waals surface area contributed by atoms with E-state index < -0.39 is 0 Å². The summed E-state index contributed by atoms with van der Waals surface area (Å²) in [5.41, 5.74) is 2.96. The van der Waals surface area contributed by atoms with E-state index in [2.05, 4.69) is 32.9 Å². The fourth-order valence-electron chi connectivity index (χ4n) is 2.20. The molecule has 0 aliphatic carbocycles. The highest BCUT2D eigenvalue weighted by atomic mass is 16.5. The number of nitrogens with one attached hydrogen (secondary N) is 2. The van der Waals surface area contributed by atoms with Gasteiger partial charge in [-0.1, -0.05) is 18.2 Å². The second-order valence-electron chi connectivity index (χ2n) is 6.27. The smallest absolute Gasteiger partial charge is 0.191 e. The van der Waals surface area contributed by atoms with Gasteiger partial charge in [-0.2, -0.15) is 5.10 Å². The molecule has 0 unspecified atom stereocenters. The molecule has 0 aliphatic heterocycles. The second-order valence-corrected chi connectivity index (χ2v) is 6.27. The minimum Gasteiger partial charge on any atom is -0.377 e.